The van der Waals surface area contributed by atoms with Crippen molar-refractivity contribution < 1.29 is 15.0 Å². The third-order valence-corrected chi connectivity index (χ3v) is 3.26. The molecule has 5 heteroatoms. The summed E-state index contributed by atoms with van der Waals surface area (Å²) in [6, 6.07) is 16.8. The molecule has 0 aromatic heterocycles. The largest absolute Gasteiger partial charge is 0.388 e. The van der Waals surface area contributed by atoms with Gasteiger partial charge in [0.1, 0.15) is 12.2 Å². The molecule has 0 bridgehead atoms. The summed E-state index contributed by atoms with van der Waals surface area (Å²) in [6.45, 7) is 1.36. The quantitative estimate of drug-likeness (QED) is 0.657. The maximum absolute atomic E-state index is 10.9. The van der Waals surface area contributed by atoms with E-state index in [1.165, 1.54) is 6.92 Å². The average molecular weight is 300 g/mol. The zero-order chi connectivity index (χ0) is 15.9. The predicted octanol–water partition coefficient (Wildman–Crippen LogP) is 1.96. The molecule has 2 rings (SSSR count). The van der Waals surface area contributed by atoms with Crippen LogP contribution in [0.1, 0.15) is 18.6 Å². The van der Waals surface area contributed by atoms with Gasteiger partial charge < -0.3 is 20.8 Å². The van der Waals surface area contributed by atoms with Gasteiger partial charge in [0.2, 0.25) is 5.91 Å². The lowest BCUT2D eigenvalue weighted by Crippen LogP contribution is -2.34. The number of rotatable bonds is 6. The minimum absolute atomic E-state index is 0.00380. The van der Waals surface area contributed by atoms with Crippen molar-refractivity contribution in [3.05, 3.63) is 60.2 Å². The highest BCUT2D eigenvalue weighted by Gasteiger charge is 2.21. The van der Waals surface area contributed by atoms with E-state index in [4.69, 9.17) is 0 Å². The van der Waals surface area contributed by atoms with Gasteiger partial charge in [-0.25, -0.2) is 0 Å². The van der Waals surface area contributed by atoms with Gasteiger partial charge in [0.25, 0.3) is 0 Å². The minimum Gasteiger partial charge on any atom is -0.388 e. The molecule has 0 saturated heterocycles. The first kappa shape index (κ1) is 16.0. The Hall–Kier alpha value is -2.37. The van der Waals surface area contributed by atoms with Crippen LogP contribution < -0.4 is 10.6 Å². The van der Waals surface area contributed by atoms with Gasteiger partial charge in [-0.15, -0.1) is 0 Å². The predicted molar refractivity (Wildman–Crippen MR) is 85.8 cm³/mol. The normalized spacial score (nSPS) is 13.2. The number of carbonyl (C=O) groups is 1. The monoisotopic (exact) mass is 300 g/mol. The number of benzene rings is 2. The summed E-state index contributed by atoms with van der Waals surface area (Å²) in [5, 5.41) is 26.0. The summed E-state index contributed by atoms with van der Waals surface area (Å²) in [5.41, 5.74) is 2.17. The van der Waals surface area contributed by atoms with Gasteiger partial charge in [0, 0.05) is 30.4 Å². The van der Waals surface area contributed by atoms with E-state index in [1.54, 1.807) is 12.1 Å². The molecule has 5 nitrogen and oxygen atoms in total. The van der Waals surface area contributed by atoms with Crippen LogP contribution in [-0.4, -0.2) is 28.8 Å². The van der Waals surface area contributed by atoms with Gasteiger partial charge in [-0.1, -0.05) is 36.4 Å². The van der Waals surface area contributed by atoms with Crippen LogP contribution in [0.4, 0.5) is 11.4 Å². The molecule has 2 atom stereocenters. The maximum Gasteiger partial charge on any atom is 0.216 e. The Kier molecular flexibility index (Phi) is 5.52. The summed E-state index contributed by atoms with van der Waals surface area (Å²) in [5.74, 6) is -0.248. The average Bonchev–Trinajstić information content (AvgIpc) is 2.53. The Labute approximate surface area is 129 Å². The number of aliphatic hydroxyl groups is 2. The lowest BCUT2D eigenvalue weighted by atomic mass is 10.0. The van der Waals surface area contributed by atoms with Crippen molar-refractivity contribution in [1.29, 1.82) is 0 Å². The van der Waals surface area contributed by atoms with Gasteiger partial charge in [-0.05, 0) is 18.2 Å². The molecule has 0 aliphatic heterocycles. The van der Waals surface area contributed by atoms with Crippen molar-refractivity contribution in [3.8, 4) is 0 Å². The molecule has 0 heterocycles. The summed E-state index contributed by atoms with van der Waals surface area (Å²) in [6.07, 6.45) is -2.18. The first-order valence-corrected chi connectivity index (χ1v) is 7.09. The van der Waals surface area contributed by atoms with E-state index >= 15 is 0 Å². The number of nitrogens with one attached hydrogen (secondary N) is 2. The summed E-state index contributed by atoms with van der Waals surface area (Å²) in [4.78, 5) is 10.9. The van der Waals surface area contributed by atoms with Gasteiger partial charge in [-0.3, -0.25) is 4.79 Å². The molecule has 1 amide bonds. The van der Waals surface area contributed by atoms with Crippen LogP contribution in [0.5, 0.6) is 0 Å². The SMILES string of the molecule is CC(=O)NCC(O)C(O)c1ccccc1Nc1ccccc1. The second-order valence-corrected chi connectivity index (χ2v) is 5.03. The molecular weight excluding hydrogens is 280 g/mol. The third kappa shape index (κ3) is 4.31. The molecule has 0 aliphatic carbocycles. The summed E-state index contributed by atoms with van der Waals surface area (Å²) >= 11 is 0. The number of amides is 1. The number of hydrogen-bond acceptors (Lipinski definition) is 4. The molecule has 2 unspecified atom stereocenters. The highest BCUT2D eigenvalue weighted by molar-refractivity contribution is 5.72. The topological polar surface area (TPSA) is 81.6 Å². The van der Waals surface area contributed by atoms with Crippen LogP contribution in [0.15, 0.2) is 54.6 Å². The fraction of sp³-hybridized carbons (Fsp3) is 0.235. The number of para-hydroxylation sites is 2. The molecule has 22 heavy (non-hydrogen) atoms. The zero-order valence-electron chi connectivity index (χ0n) is 12.4. The Morgan fingerprint density at radius 1 is 1.05 bits per heavy atom. The number of hydrogen-bond donors (Lipinski definition) is 4. The molecule has 0 aliphatic rings. The highest BCUT2D eigenvalue weighted by atomic mass is 16.3. The summed E-state index contributed by atoms with van der Waals surface area (Å²) < 4.78 is 0. The molecule has 2 aromatic rings. The van der Waals surface area contributed by atoms with Crippen LogP contribution in [0, 0.1) is 0 Å². The van der Waals surface area contributed by atoms with E-state index in [-0.39, 0.29) is 12.5 Å². The molecule has 2 aromatic carbocycles. The zero-order valence-corrected chi connectivity index (χ0v) is 12.4. The molecule has 0 spiro atoms. The molecule has 4 N–H and O–H groups in total. The Balaban J connectivity index is 2.15. The van der Waals surface area contributed by atoms with Gasteiger partial charge in [0.15, 0.2) is 0 Å². The fourth-order valence-electron chi connectivity index (χ4n) is 2.11. The van der Waals surface area contributed by atoms with Crippen LogP contribution in [0.25, 0.3) is 0 Å². The standard InChI is InChI=1S/C17H20N2O3/c1-12(20)18-11-16(21)17(22)14-9-5-6-10-15(14)19-13-7-3-2-4-8-13/h2-10,16-17,19,21-22H,11H2,1H3,(H,18,20). The molecule has 0 radical (unpaired) electrons. The second kappa shape index (κ2) is 7.59. The van der Waals surface area contributed by atoms with Gasteiger partial charge in [-0.2, -0.15) is 0 Å². The first-order chi connectivity index (χ1) is 10.6. The number of carbonyl (C=O) groups excluding carboxylic acids is 1. The van der Waals surface area contributed by atoms with E-state index in [0.29, 0.717) is 11.3 Å². The summed E-state index contributed by atoms with van der Waals surface area (Å²) in [7, 11) is 0. The van der Waals surface area contributed by atoms with Gasteiger partial charge >= 0.3 is 0 Å². The van der Waals surface area contributed by atoms with Crippen molar-refractivity contribution >= 4 is 17.3 Å². The van der Waals surface area contributed by atoms with Crippen LogP contribution in [-0.2, 0) is 4.79 Å². The van der Waals surface area contributed by atoms with Crippen LogP contribution >= 0.6 is 0 Å². The third-order valence-electron chi connectivity index (χ3n) is 3.26. The van der Waals surface area contributed by atoms with E-state index in [0.717, 1.165) is 5.69 Å². The Bertz CT molecular complexity index is 616. The van der Waals surface area contributed by atoms with Gasteiger partial charge in [0.05, 0.1) is 0 Å². The Morgan fingerprint density at radius 2 is 1.68 bits per heavy atom. The van der Waals surface area contributed by atoms with Crippen molar-refractivity contribution in [2.45, 2.75) is 19.1 Å². The van der Waals surface area contributed by atoms with E-state index in [9.17, 15) is 15.0 Å². The minimum atomic E-state index is -1.10. The van der Waals surface area contributed by atoms with E-state index in [2.05, 4.69) is 10.6 Å². The van der Waals surface area contributed by atoms with Crippen molar-refractivity contribution in [2.24, 2.45) is 0 Å². The molecular formula is C17H20N2O3. The first-order valence-electron chi connectivity index (χ1n) is 7.09. The van der Waals surface area contributed by atoms with Crippen molar-refractivity contribution in [2.75, 3.05) is 11.9 Å². The van der Waals surface area contributed by atoms with Crippen molar-refractivity contribution in [3.63, 3.8) is 0 Å². The van der Waals surface area contributed by atoms with E-state index < -0.39 is 12.2 Å². The highest BCUT2D eigenvalue weighted by Crippen LogP contribution is 2.27. The smallest absolute Gasteiger partial charge is 0.216 e. The maximum atomic E-state index is 10.9. The second-order valence-electron chi connectivity index (χ2n) is 5.03. The van der Waals surface area contributed by atoms with Crippen LogP contribution in [0.3, 0.4) is 0 Å². The molecule has 0 fully saturated rings. The lowest BCUT2D eigenvalue weighted by Gasteiger charge is -2.21. The number of aliphatic hydroxyl groups excluding tert-OH is 2. The molecule has 116 valence electrons. The Morgan fingerprint density at radius 3 is 2.36 bits per heavy atom. The fourth-order valence-corrected chi connectivity index (χ4v) is 2.11. The number of anilines is 2. The van der Waals surface area contributed by atoms with E-state index in [1.807, 2.05) is 42.5 Å². The lowest BCUT2D eigenvalue weighted by molar-refractivity contribution is -0.119. The molecule has 0 saturated carbocycles. The van der Waals surface area contributed by atoms with Crippen LogP contribution in [0.2, 0.25) is 0 Å². The van der Waals surface area contributed by atoms with Crippen molar-refractivity contribution in [1.82, 2.24) is 5.32 Å².